The van der Waals surface area contributed by atoms with E-state index in [-0.39, 0.29) is 24.4 Å². The summed E-state index contributed by atoms with van der Waals surface area (Å²) in [6.07, 6.45) is 4.35. The molecule has 3 aromatic carbocycles. The van der Waals surface area contributed by atoms with Crippen molar-refractivity contribution in [2.24, 2.45) is 0 Å². The number of hydrogen-bond acceptors (Lipinski definition) is 5. The van der Waals surface area contributed by atoms with Crippen LogP contribution in [0.5, 0.6) is 0 Å². The summed E-state index contributed by atoms with van der Waals surface area (Å²) in [5.41, 5.74) is 3.32. The van der Waals surface area contributed by atoms with Crippen molar-refractivity contribution in [3.8, 4) is 0 Å². The lowest BCUT2D eigenvalue weighted by atomic mass is 10.0. The maximum Gasteiger partial charge on any atom is 0.326 e. The highest BCUT2D eigenvalue weighted by atomic mass is 16.6. The number of hydrogen-bond donors (Lipinski definition) is 2. The van der Waals surface area contributed by atoms with Gasteiger partial charge in [0.1, 0.15) is 12.1 Å². The summed E-state index contributed by atoms with van der Waals surface area (Å²) in [7, 11) is 0. The predicted octanol–water partition coefficient (Wildman–Crippen LogP) is 4.07. The van der Waals surface area contributed by atoms with E-state index in [1.807, 2.05) is 54.6 Å². The Hall–Kier alpha value is -4.79. The maximum atomic E-state index is 13.0. The molecular formula is C29H27N3O6. The number of nitrogens with zero attached hydrogens (tertiary/aromatic N) is 2. The molecule has 0 saturated carbocycles. The number of amides is 2. The van der Waals surface area contributed by atoms with Crippen molar-refractivity contribution in [3.05, 3.63) is 111 Å². The monoisotopic (exact) mass is 513 g/mol. The van der Waals surface area contributed by atoms with Crippen molar-refractivity contribution in [1.82, 2.24) is 10.2 Å². The Morgan fingerprint density at radius 1 is 0.974 bits per heavy atom. The van der Waals surface area contributed by atoms with Gasteiger partial charge in [0.25, 0.3) is 5.69 Å². The van der Waals surface area contributed by atoms with Crippen LogP contribution in [-0.2, 0) is 27.3 Å². The molecular weight excluding hydrogens is 486 g/mol. The molecule has 194 valence electrons. The van der Waals surface area contributed by atoms with Crippen LogP contribution < -0.4 is 5.32 Å². The molecule has 2 atom stereocenters. The van der Waals surface area contributed by atoms with Gasteiger partial charge in [-0.05, 0) is 40.8 Å². The number of nitro groups is 1. The first-order chi connectivity index (χ1) is 18.3. The number of non-ortho nitro benzene ring substituents is 1. The Kier molecular flexibility index (Phi) is 8.27. The fourth-order valence-electron chi connectivity index (χ4n) is 4.35. The molecule has 4 rings (SSSR count). The molecule has 0 aromatic heterocycles. The lowest BCUT2D eigenvalue weighted by Crippen LogP contribution is -2.50. The highest BCUT2D eigenvalue weighted by Crippen LogP contribution is 2.22. The van der Waals surface area contributed by atoms with Crippen LogP contribution in [0.15, 0.2) is 78.9 Å². The number of carbonyl (C=O) groups excluding carboxylic acids is 2. The van der Waals surface area contributed by atoms with Gasteiger partial charge in [-0.3, -0.25) is 19.7 Å². The summed E-state index contributed by atoms with van der Waals surface area (Å²) in [4.78, 5) is 49.2. The standard InChI is InChI=1S/C29H27N3O6/c33-27-17-16-26(31(27)19-23-4-2-1-3-5-23)28(34)30-25(29(35)36)18-22-10-8-20(9-11-22)6-7-21-12-14-24(15-13-21)32(37)38/h1-15,25-26H,16-19H2,(H,30,34)(H,35,36)/b7-6+/t25-,26-/m0/s1. The minimum absolute atomic E-state index is 0.0232. The van der Waals surface area contributed by atoms with Crippen molar-refractivity contribution in [2.75, 3.05) is 0 Å². The van der Waals surface area contributed by atoms with Crippen LogP contribution >= 0.6 is 0 Å². The Bertz CT molecular complexity index is 1340. The summed E-state index contributed by atoms with van der Waals surface area (Å²) in [5.74, 6) is -1.75. The van der Waals surface area contributed by atoms with E-state index in [0.29, 0.717) is 13.0 Å². The molecule has 0 unspecified atom stereocenters. The van der Waals surface area contributed by atoms with E-state index >= 15 is 0 Å². The average molecular weight is 514 g/mol. The van der Waals surface area contributed by atoms with Crippen molar-refractivity contribution in [3.63, 3.8) is 0 Å². The van der Waals surface area contributed by atoms with Crippen LogP contribution in [0.3, 0.4) is 0 Å². The zero-order valence-corrected chi connectivity index (χ0v) is 20.5. The number of aliphatic carboxylic acids is 1. The summed E-state index contributed by atoms with van der Waals surface area (Å²) < 4.78 is 0. The summed E-state index contributed by atoms with van der Waals surface area (Å²) in [6.45, 7) is 0.296. The van der Waals surface area contributed by atoms with Crippen LogP contribution in [0.2, 0.25) is 0 Å². The molecule has 38 heavy (non-hydrogen) atoms. The summed E-state index contributed by atoms with van der Waals surface area (Å²) in [6, 6.07) is 20.9. The molecule has 0 bridgehead atoms. The van der Waals surface area contributed by atoms with E-state index < -0.39 is 28.9 Å². The van der Waals surface area contributed by atoms with E-state index in [0.717, 1.165) is 22.3 Å². The SMILES string of the molecule is O=C(O)[C@H](Cc1ccc(/C=C/c2ccc([N+](=O)[O-])cc2)cc1)NC(=O)[C@@H]1CCC(=O)N1Cc1ccccc1. The summed E-state index contributed by atoms with van der Waals surface area (Å²) >= 11 is 0. The molecule has 0 aliphatic carbocycles. The fourth-order valence-corrected chi connectivity index (χ4v) is 4.35. The van der Waals surface area contributed by atoms with E-state index in [2.05, 4.69) is 5.32 Å². The molecule has 9 heteroatoms. The highest BCUT2D eigenvalue weighted by Gasteiger charge is 2.37. The number of carboxylic acids is 1. The Balaban J connectivity index is 1.37. The summed E-state index contributed by atoms with van der Waals surface area (Å²) in [5, 5.41) is 23.1. The van der Waals surface area contributed by atoms with Crippen LogP contribution in [-0.4, -0.2) is 44.8 Å². The minimum Gasteiger partial charge on any atom is -0.480 e. The van der Waals surface area contributed by atoms with E-state index in [4.69, 9.17) is 0 Å². The number of nitrogens with one attached hydrogen (secondary N) is 1. The number of benzene rings is 3. The molecule has 1 fully saturated rings. The van der Waals surface area contributed by atoms with E-state index in [1.54, 1.807) is 24.3 Å². The topological polar surface area (TPSA) is 130 Å². The fraction of sp³-hybridized carbons (Fsp3) is 0.207. The van der Waals surface area contributed by atoms with Crippen LogP contribution in [0, 0.1) is 10.1 Å². The Morgan fingerprint density at radius 3 is 2.16 bits per heavy atom. The molecule has 9 nitrogen and oxygen atoms in total. The highest BCUT2D eigenvalue weighted by molar-refractivity contribution is 5.93. The average Bonchev–Trinajstić information content (AvgIpc) is 3.28. The molecule has 1 aliphatic rings. The van der Waals surface area contributed by atoms with Gasteiger partial charge in [0.2, 0.25) is 11.8 Å². The molecule has 1 heterocycles. The van der Waals surface area contributed by atoms with Crippen LogP contribution in [0.25, 0.3) is 12.2 Å². The molecule has 0 radical (unpaired) electrons. The van der Waals surface area contributed by atoms with Gasteiger partial charge < -0.3 is 15.3 Å². The maximum absolute atomic E-state index is 13.0. The quantitative estimate of drug-likeness (QED) is 0.239. The number of likely N-dealkylation sites (tertiary alicyclic amines) is 1. The smallest absolute Gasteiger partial charge is 0.326 e. The molecule has 3 aromatic rings. The van der Waals surface area contributed by atoms with E-state index in [9.17, 15) is 29.6 Å². The second kappa shape index (κ2) is 12.0. The van der Waals surface area contributed by atoms with Gasteiger partial charge >= 0.3 is 5.97 Å². The first-order valence-electron chi connectivity index (χ1n) is 12.2. The molecule has 2 N–H and O–H groups in total. The van der Waals surface area contributed by atoms with Gasteiger partial charge in [-0.2, -0.15) is 0 Å². The van der Waals surface area contributed by atoms with Gasteiger partial charge in [-0.15, -0.1) is 0 Å². The van der Waals surface area contributed by atoms with Gasteiger partial charge in [0, 0.05) is 31.5 Å². The van der Waals surface area contributed by atoms with Gasteiger partial charge in [0.15, 0.2) is 0 Å². The van der Waals surface area contributed by atoms with E-state index in [1.165, 1.54) is 17.0 Å². The lowest BCUT2D eigenvalue weighted by Gasteiger charge is -2.25. The van der Waals surface area contributed by atoms with Gasteiger partial charge in [0.05, 0.1) is 4.92 Å². The van der Waals surface area contributed by atoms with Gasteiger partial charge in [-0.25, -0.2) is 4.79 Å². The third kappa shape index (κ3) is 6.70. The Labute approximate surface area is 219 Å². The minimum atomic E-state index is -1.15. The van der Waals surface area contributed by atoms with Crippen molar-refractivity contribution < 1.29 is 24.4 Å². The number of nitro benzene ring substituents is 1. The van der Waals surface area contributed by atoms with Crippen LogP contribution in [0.4, 0.5) is 5.69 Å². The molecule has 1 saturated heterocycles. The number of carboxylic acid groups (broad SMARTS) is 1. The predicted molar refractivity (Wildman–Crippen MR) is 142 cm³/mol. The van der Waals surface area contributed by atoms with Crippen LogP contribution in [0.1, 0.15) is 35.1 Å². The third-order valence-corrected chi connectivity index (χ3v) is 6.43. The van der Waals surface area contributed by atoms with Crippen molar-refractivity contribution in [1.29, 1.82) is 0 Å². The van der Waals surface area contributed by atoms with Crippen molar-refractivity contribution >= 4 is 35.6 Å². The van der Waals surface area contributed by atoms with Crippen molar-refractivity contribution in [2.45, 2.75) is 37.9 Å². The molecule has 2 amide bonds. The third-order valence-electron chi connectivity index (χ3n) is 6.43. The largest absolute Gasteiger partial charge is 0.480 e. The molecule has 1 aliphatic heterocycles. The zero-order valence-electron chi connectivity index (χ0n) is 20.5. The molecule has 0 spiro atoms. The number of carbonyl (C=O) groups is 3. The first-order valence-corrected chi connectivity index (χ1v) is 12.2. The second-order valence-corrected chi connectivity index (χ2v) is 9.09. The lowest BCUT2D eigenvalue weighted by molar-refractivity contribution is -0.384. The normalized spacial score (nSPS) is 15.9. The first kappa shape index (κ1) is 26.3. The Morgan fingerprint density at radius 2 is 1.58 bits per heavy atom. The second-order valence-electron chi connectivity index (χ2n) is 9.09. The van der Waals surface area contributed by atoms with Gasteiger partial charge in [-0.1, -0.05) is 66.7 Å². The number of rotatable bonds is 10. The zero-order chi connectivity index (χ0) is 27.1.